The molecule has 1 aromatic carbocycles. The van der Waals surface area contributed by atoms with Crippen molar-refractivity contribution in [2.24, 2.45) is 5.11 Å². The van der Waals surface area contributed by atoms with E-state index in [4.69, 9.17) is 5.53 Å². The molecule has 3 nitrogen and oxygen atoms in total. The van der Waals surface area contributed by atoms with Gasteiger partial charge in [0.05, 0.1) is 6.04 Å². The highest BCUT2D eigenvalue weighted by Crippen LogP contribution is 2.23. The first-order chi connectivity index (χ1) is 6.15. The first kappa shape index (κ1) is 10.0. The number of hydrogen-bond acceptors (Lipinski definition) is 1. The lowest BCUT2D eigenvalue weighted by Gasteiger charge is -2.05. The summed E-state index contributed by atoms with van der Waals surface area (Å²) in [4.78, 5) is 2.62. The van der Waals surface area contributed by atoms with E-state index < -0.39 is 6.04 Å². The van der Waals surface area contributed by atoms with Crippen molar-refractivity contribution in [1.82, 2.24) is 0 Å². The summed E-state index contributed by atoms with van der Waals surface area (Å²) in [6, 6.07) is 4.18. The summed E-state index contributed by atoms with van der Waals surface area (Å²) >= 11 is 3.14. The van der Waals surface area contributed by atoms with Crippen molar-refractivity contribution in [3.05, 3.63) is 44.5 Å². The summed E-state index contributed by atoms with van der Waals surface area (Å²) < 4.78 is 13.9. The number of azide groups is 1. The van der Waals surface area contributed by atoms with E-state index in [9.17, 15) is 4.39 Å². The maximum absolute atomic E-state index is 13.2. The highest BCUT2D eigenvalue weighted by molar-refractivity contribution is 9.10. The molecule has 0 N–H and O–H groups in total. The molecule has 0 aliphatic carbocycles. The molecular formula is C8H7BrFN3. The molecule has 0 aliphatic rings. The van der Waals surface area contributed by atoms with Crippen molar-refractivity contribution in [2.45, 2.75) is 13.0 Å². The zero-order valence-electron chi connectivity index (χ0n) is 6.91. The van der Waals surface area contributed by atoms with Crippen LogP contribution in [0.25, 0.3) is 10.4 Å². The Kier molecular flexibility index (Phi) is 3.28. The molecule has 68 valence electrons. The second kappa shape index (κ2) is 4.25. The third-order valence-electron chi connectivity index (χ3n) is 1.64. The van der Waals surface area contributed by atoms with Crippen LogP contribution in [0.15, 0.2) is 27.8 Å². The second-order valence-corrected chi connectivity index (χ2v) is 3.46. The lowest BCUT2D eigenvalue weighted by atomic mass is 10.1. The van der Waals surface area contributed by atoms with Gasteiger partial charge in [-0.15, -0.1) is 0 Å². The summed E-state index contributed by atoms with van der Waals surface area (Å²) in [5.74, 6) is -0.366. The summed E-state index contributed by atoms with van der Waals surface area (Å²) in [5.41, 5.74) is 8.57. The molecule has 0 saturated carbocycles. The fraction of sp³-hybridized carbons (Fsp3) is 0.250. The van der Waals surface area contributed by atoms with E-state index in [-0.39, 0.29) is 5.82 Å². The van der Waals surface area contributed by atoms with Crippen LogP contribution in [0, 0.1) is 5.82 Å². The van der Waals surface area contributed by atoms with Gasteiger partial charge in [0, 0.05) is 9.38 Å². The monoisotopic (exact) mass is 243 g/mol. The molecule has 0 amide bonds. The van der Waals surface area contributed by atoms with Gasteiger partial charge in [0.2, 0.25) is 0 Å². The Morgan fingerprint density at radius 2 is 2.31 bits per heavy atom. The standard InChI is InChI=1S/C8H7BrFN3/c1-5(12-13-11)7-3-2-6(9)4-8(7)10/h2-5H,1H3/t5-/m1/s1. The van der Waals surface area contributed by atoms with Crippen molar-refractivity contribution in [1.29, 1.82) is 0 Å². The van der Waals surface area contributed by atoms with Gasteiger partial charge in [-0.2, -0.15) is 0 Å². The van der Waals surface area contributed by atoms with Gasteiger partial charge in [0.1, 0.15) is 5.82 Å². The van der Waals surface area contributed by atoms with E-state index in [2.05, 4.69) is 26.0 Å². The third-order valence-corrected chi connectivity index (χ3v) is 2.13. The van der Waals surface area contributed by atoms with E-state index in [1.165, 1.54) is 6.07 Å². The predicted molar refractivity (Wildman–Crippen MR) is 51.7 cm³/mol. The summed E-state index contributed by atoms with van der Waals surface area (Å²) in [6.07, 6.45) is 0. The lowest BCUT2D eigenvalue weighted by Crippen LogP contribution is -1.92. The Morgan fingerprint density at radius 3 is 2.85 bits per heavy atom. The minimum Gasteiger partial charge on any atom is -0.207 e. The van der Waals surface area contributed by atoms with Crippen molar-refractivity contribution in [3.8, 4) is 0 Å². The van der Waals surface area contributed by atoms with Crippen molar-refractivity contribution < 1.29 is 4.39 Å². The van der Waals surface area contributed by atoms with Gasteiger partial charge < -0.3 is 0 Å². The molecule has 1 atom stereocenters. The van der Waals surface area contributed by atoms with Crippen molar-refractivity contribution in [2.75, 3.05) is 0 Å². The molecule has 0 heterocycles. The fourth-order valence-electron chi connectivity index (χ4n) is 0.980. The van der Waals surface area contributed by atoms with Crippen LogP contribution in [-0.2, 0) is 0 Å². The van der Waals surface area contributed by atoms with Crippen molar-refractivity contribution in [3.63, 3.8) is 0 Å². The molecule has 0 saturated heterocycles. The zero-order valence-corrected chi connectivity index (χ0v) is 8.49. The molecule has 0 aromatic heterocycles. The van der Waals surface area contributed by atoms with Crippen LogP contribution < -0.4 is 0 Å². The Labute approximate surface area is 83.3 Å². The van der Waals surface area contributed by atoms with E-state index in [0.29, 0.717) is 10.0 Å². The largest absolute Gasteiger partial charge is 0.207 e. The Hall–Kier alpha value is -1.06. The summed E-state index contributed by atoms with van der Waals surface area (Å²) in [5, 5.41) is 3.41. The molecule has 0 spiro atoms. The van der Waals surface area contributed by atoms with E-state index >= 15 is 0 Å². The van der Waals surface area contributed by atoms with E-state index in [0.717, 1.165) is 0 Å². The molecule has 13 heavy (non-hydrogen) atoms. The van der Waals surface area contributed by atoms with Crippen LogP contribution in [-0.4, -0.2) is 0 Å². The molecule has 0 unspecified atom stereocenters. The first-order valence-electron chi connectivity index (χ1n) is 3.64. The minimum atomic E-state index is -0.474. The number of halogens is 2. The zero-order chi connectivity index (χ0) is 9.84. The Balaban J connectivity index is 3.08. The van der Waals surface area contributed by atoms with E-state index in [1.54, 1.807) is 19.1 Å². The molecule has 1 aromatic rings. The highest BCUT2D eigenvalue weighted by Gasteiger charge is 2.08. The number of hydrogen-bond donors (Lipinski definition) is 0. The minimum absolute atomic E-state index is 0.366. The average molecular weight is 244 g/mol. The fourth-order valence-corrected chi connectivity index (χ4v) is 1.31. The van der Waals surface area contributed by atoms with Gasteiger partial charge in [0.15, 0.2) is 0 Å². The number of rotatable bonds is 2. The summed E-state index contributed by atoms with van der Waals surface area (Å²) in [7, 11) is 0. The molecule has 0 bridgehead atoms. The second-order valence-electron chi connectivity index (χ2n) is 2.55. The average Bonchev–Trinajstić information content (AvgIpc) is 2.04. The van der Waals surface area contributed by atoms with Crippen LogP contribution in [0.4, 0.5) is 4.39 Å². The summed E-state index contributed by atoms with van der Waals surface area (Å²) in [6.45, 7) is 1.64. The lowest BCUT2D eigenvalue weighted by molar-refractivity contribution is 0.592. The quantitative estimate of drug-likeness (QED) is 0.429. The van der Waals surface area contributed by atoms with Gasteiger partial charge in [-0.25, -0.2) is 4.39 Å². The Bertz CT molecular complexity index is 360. The number of benzene rings is 1. The first-order valence-corrected chi connectivity index (χ1v) is 4.43. The van der Waals surface area contributed by atoms with Crippen LogP contribution in [0.2, 0.25) is 0 Å². The van der Waals surface area contributed by atoms with Crippen molar-refractivity contribution >= 4 is 15.9 Å². The van der Waals surface area contributed by atoms with Crippen LogP contribution >= 0.6 is 15.9 Å². The van der Waals surface area contributed by atoms with Crippen LogP contribution in [0.3, 0.4) is 0 Å². The maximum Gasteiger partial charge on any atom is 0.127 e. The predicted octanol–water partition coefficient (Wildman–Crippen LogP) is 3.96. The van der Waals surface area contributed by atoms with Gasteiger partial charge in [-0.05, 0) is 23.2 Å². The molecule has 1 rings (SSSR count). The highest BCUT2D eigenvalue weighted by atomic mass is 79.9. The van der Waals surface area contributed by atoms with E-state index in [1.807, 2.05) is 0 Å². The van der Waals surface area contributed by atoms with Gasteiger partial charge in [-0.1, -0.05) is 34.0 Å². The molecule has 0 aliphatic heterocycles. The van der Waals surface area contributed by atoms with Gasteiger partial charge in [0.25, 0.3) is 0 Å². The Morgan fingerprint density at radius 1 is 1.62 bits per heavy atom. The van der Waals surface area contributed by atoms with Gasteiger partial charge in [-0.3, -0.25) is 0 Å². The van der Waals surface area contributed by atoms with Gasteiger partial charge >= 0.3 is 0 Å². The van der Waals surface area contributed by atoms with Crippen LogP contribution in [0.5, 0.6) is 0 Å². The number of nitrogens with zero attached hydrogens (tertiary/aromatic N) is 3. The maximum atomic E-state index is 13.2. The smallest absolute Gasteiger partial charge is 0.127 e. The molecule has 0 radical (unpaired) electrons. The molecule has 5 heteroatoms. The topological polar surface area (TPSA) is 48.8 Å². The third kappa shape index (κ3) is 2.44. The molecular weight excluding hydrogens is 237 g/mol. The van der Waals surface area contributed by atoms with Crippen LogP contribution in [0.1, 0.15) is 18.5 Å². The molecule has 0 fully saturated rings. The normalized spacial score (nSPS) is 11.9. The SMILES string of the molecule is C[C@@H](N=[N+]=[N-])c1ccc(Br)cc1F.